The molecule has 2 saturated heterocycles. The third kappa shape index (κ3) is 8.57. The number of methoxy groups -OCH3 is 1. The minimum Gasteiger partial charge on any atom is -0.497 e. The number of nitrogens with zero attached hydrogens (tertiary/aromatic N) is 3. The summed E-state index contributed by atoms with van der Waals surface area (Å²) in [6, 6.07) is 16.3. The number of hydrogen-bond donors (Lipinski definition) is 2. The summed E-state index contributed by atoms with van der Waals surface area (Å²) in [5, 5.41) is 3.67. The highest BCUT2D eigenvalue weighted by Crippen LogP contribution is 2.35. The largest absolute Gasteiger partial charge is 0.497 e. The van der Waals surface area contributed by atoms with E-state index in [1.54, 1.807) is 18.9 Å². The smallest absolute Gasteiger partial charge is 0.243 e. The number of nitrogens with one attached hydrogen (secondary N) is 1. The van der Waals surface area contributed by atoms with Gasteiger partial charge >= 0.3 is 0 Å². The predicted molar refractivity (Wildman–Crippen MR) is 199 cm³/mol. The van der Waals surface area contributed by atoms with Gasteiger partial charge in [0.05, 0.1) is 24.9 Å². The molecule has 3 N–H and O–H groups in total. The number of hydrogen-bond acceptors (Lipinski definition) is 7. The van der Waals surface area contributed by atoms with Crippen molar-refractivity contribution >= 4 is 34.5 Å². The molecule has 276 valence electrons. The third-order valence-electron chi connectivity index (χ3n) is 10.7. The van der Waals surface area contributed by atoms with Crippen LogP contribution in [0.1, 0.15) is 77.6 Å². The molecule has 0 spiro atoms. The lowest BCUT2D eigenvalue weighted by Crippen LogP contribution is -2.59. The zero-order valence-electron chi connectivity index (χ0n) is 30.4. The highest BCUT2D eigenvalue weighted by atomic mass is 16.5. The quantitative estimate of drug-likeness (QED) is 0.306. The van der Waals surface area contributed by atoms with E-state index in [1.165, 1.54) is 0 Å². The van der Waals surface area contributed by atoms with E-state index in [0.29, 0.717) is 42.2 Å². The van der Waals surface area contributed by atoms with Crippen LogP contribution < -0.4 is 20.5 Å². The number of benzene rings is 2. The predicted octanol–water partition coefficient (Wildman–Crippen LogP) is 5.55. The molecule has 0 radical (unpaired) electrons. The number of carbonyl (C=O) groups excluding carboxylic acids is 4. The number of amides is 4. The van der Waals surface area contributed by atoms with E-state index in [0.717, 1.165) is 55.9 Å². The first-order valence-electron chi connectivity index (χ1n) is 18.7. The van der Waals surface area contributed by atoms with Crippen molar-refractivity contribution in [2.75, 3.05) is 26.7 Å². The van der Waals surface area contributed by atoms with Crippen LogP contribution in [0.2, 0.25) is 0 Å². The number of piperidine rings is 1. The van der Waals surface area contributed by atoms with E-state index in [1.807, 2.05) is 71.6 Å². The average molecular weight is 710 g/mol. The molecule has 2 fully saturated rings. The van der Waals surface area contributed by atoms with Gasteiger partial charge in [0, 0.05) is 54.9 Å². The number of likely N-dealkylation sites (tertiary alicyclic amines) is 1. The Hall–Kier alpha value is -4.93. The summed E-state index contributed by atoms with van der Waals surface area (Å²) < 4.78 is 12.2. The lowest BCUT2D eigenvalue weighted by Gasteiger charge is -2.33. The molecule has 6 rings (SSSR count). The van der Waals surface area contributed by atoms with Crippen molar-refractivity contribution in [1.82, 2.24) is 20.1 Å². The highest BCUT2D eigenvalue weighted by Gasteiger charge is 2.45. The van der Waals surface area contributed by atoms with Crippen molar-refractivity contribution in [3.05, 3.63) is 66.7 Å². The molecule has 4 amide bonds. The molecule has 0 bridgehead atoms. The van der Waals surface area contributed by atoms with Crippen molar-refractivity contribution in [3.8, 4) is 22.8 Å². The zero-order valence-corrected chi connectivity index (χ0v) is 30.4. The van der Waals surface area contributed by atoms with E-state index in [-0.39, 0.29) is 37.6 Å². The maximum absolute atomic E-state index is 14.6. The topological polar surface area (TPSA) is 144 Å². The monoisotopic (exact) mass is 709 g/mol. The van der Waals surface area contributed by atoms with Gasteiger partial charge in [-0.2, -0.15) is 0 Å². The van der Waals surface area contributed by atoms with Crippen LogP contribution in [0.15, 0.2) is 66.7 Å². The molecule has 1 aromatic heterocycles. The Kier molecular flexibility index (Phi) is 11.8. The van der Waals surface area contributed by atoms with E-state index in [9.17, 15) is 19.2 Å². The van der Waals surface area contributed by atoms with Crippen molar-refractivity contribution in [2.45, 2.75) is 95.2 Å². The fraction of sp³-hybridized carbons (Fsp3) is 0.488. The second-order valence-electron chi connectivity index (χ2n) is 14.6. The summed E-state index contributed by atoms with van der Waals surface area (Å²) in [7, 11) is 1.61. The summed E-state index contributed by atoms with van der Waals surface area (Å²) in [6.45, 7) is 3.17. The lowest BCUT2D eigenvalue weighted by atomic mass is 9.94. The van der Waals surface area contributed by atoms with Gasteiger partial charge in [-0.3, -0.25) is 19.2 Å². The number of allylic oxidation sites excluding steroid dienone is 1. The van der Waals surface area contributed by atoms with Gasteiger partial charge in [-0.05, 0) is 64.0 Å². The number of fused-ring (bicyclic) bond motifs is 2. The van der Waals surface area contributed by atoms with Crippen LogP contribution in [0, 0.1) is 5.92 Å². The minimum atomic E-state index is -1.35. The molecule has 11 nitrogen and oxygen atoms in total. The van der Waals surface area contributed by atoms with E-state index >= 15 is 0 Å². The molecule has 4 heterocycles. The first-order valence-corrected chi connectivity index (χ1v) is 18.7. The first kappa shape index (κ1) is 36.8. The SMILES string of the molecule is COc1ccc2c(O[C@@H]3C[C@H]4C(=O)N[C@](C)(C(N)=O)CC=CCCCCC[C@H](CC(=O)N5CCCCC5)C(=O)N4C3)cc(-c3ccccc3)nc2c1. The number of pyridine rings is 1. The molecule has 3 aliphatic heterocycles. The van der Waals surface area contributed by atoms with Crippen molar-refractivity contribution < 1.29 is 28.7 Å². The number of primary amides is 1. The number of ether oxygens (including phenoxy) is 2. The fourth-order valence-electron chi connectivity index (χ4n) is 7.58. The standard InChI is InChI=1S/C41H51N5O6/c1-41(40(42)50)20-12-6-4-3-5-9-17-29(23-37(47)45-21-13-8-14-22-45)39(49)46-27-31(25-35(46)38(48)44-41)52-36-26-33(28-15-10-7-11-16-28)43-34-24-30(51-2)18-19-32(34)36/h6-7,10-12,15-16,18-19,24,26,29,31,35H,3-5,8-9,13-14,17,20-23,25,27H2,1-2H3,(H2,42,50)(H,44,48)/t29-,31-,35+,41+/m1/s1. The number of rotatable bonds is 7. The van der Waals surface area contributed by atoms with Gasteiger partial charge < -0.3 is 30.3 Å². The second-order valence-corrected chi connectivity index (χ2v) is 14.6. The molecule has 3 aromatic rings. The average Bonchev–Trinajstić information content (AvgIpc) is 3.58. The van der Waals surface area contributed by atoms with Crippen LogP contribution in [0.25, 0.3) is 22.2 Å². The van der Waals surface area contributed by atoms with Crippen molar-refractivity contribution in [1.29, 1.82) is 0 Å². The molecular formula is C41H51N5O6. The van der Waals surface area contributed by atoms with E-state index in [4.69, 9.17) is 20.2 Å². The Morgan fingerprint density at radius 2 is 1.75 bits per heavy atom. The van der Waals surface area contributed by atoms with Gasteiger partial charge in [0.2, 0.25) is 23.6 Å². The maximum Gasteiger partial charge on any atom is 0.243 e. The fourth-order valence-corrected chi connectivity index (χ4v) is 7.58. The van der Waals surface area contributed by atoms with Gasteiger partial charge in [-0.15, -0.1) is 0 Å². The molecule has 0 saturated carbocycles. The van der Waals surface area contributed by atoms with Crippen LogP contribution >= 0.6 is 0 Å². The Labute approximate surface area is 305 Å². The lowest BCUT2D eigenvalue weighted by molar-refractivity contribution is -0.146. The van der Waals surface area contributed by atoms with Crippen molar-refractivity contribution in [3.63, 3.8) is 0 Å². The third-order valence-corrected chi connectivity index (χ3v) is 10.7. The summed E-state index contributed by atoms with van der Waals surface area (Å²) in [5.74, 6) is -0.737. The second kappa shape index (κ2) is 16.6. The molecule has 0 unspecified atom stereocenters. The normalized spacial score (nSPS) is 24.8. The summed E-state index contributed by atoms with van der Waals surface area (Å²) in [5.41, 5.74) is 6.80. The molecule has 52 heavy (non-hydrogen) atoms. The number of nitrogens with two attached hydrogens (primary N) is 1. The van der Waals surface area contributed by atoms with Crippen LogP contribution in [0.5, 0.6) is 11.5 Å². The van der Waals surface area contributed by atoms with Crippen LogP contribution in [0.3, 0.4) is 0 Å². The minimum absolute atomic E-state index is 0.0136. The Bertz CT molecular complexity index is 1790. The van der Waals surface area contributed by atoms with Crippen LogP contribution in [-0.2, 0) is 19.2 Å². The zero-order chi connectivity index (χ0) is 36.7. The molecule has 0 aliphatic carbocycles. The van der Waals surface area contributed by atoms with Crippen LogP contribution in [0.4, 0.5) is 0 Å². The van der Waals surface area contributed by atoms with E-state index < -0.39 is 35.4 Å². The van der Waals surface area contributed by atoms with Crippen molar-refractivity contribution in [2.24, 2.45) is 11.7 Å². The first-order chi connectivity index (χ1) is 25.1. The Morgan fingerprint density at radius 1 is 0.981 bits per heavy atom. The summed E-state index contributed by atoms with van der Waals surface area (Å²) in [6.07, 6.45) is 10.9. The van der Waals surface area contributed by atoms with Crippen LogP contribution in [-0.4, -0.2) is 82.8 Å². The van der Waals surface area contributed by atoms with E-state index in [2.05, 4.69) is 5.32 Å². The Morgan fingerprint density at radius 3 is 2.50 bits per heavy atom. The highest BCUT2D eigenvalue weighted by molar-refractivity contribution is 5.95. The maximum atomic E-state index is 14.6. The van der Waals surface area contributed by atoms with Gasteiger partial charge in [0.15, 0.2) is 0 Å². The molecule has 2 aromatic carbocycles. The molecule has 11 heteroatoms. The molecular weight excluding hydrogens is 658 g/mol. The van der Waals surface area contributed by atoms with Gasteiger partial charge in [0.25, 0.3) is 0 Å². The number of aromatic nitrogens is 1. The van der Waals surface area contributed by atoms with Gasteiger partial charge in [0.1, 0.15) is 29.2 Å². The molecule has 4 atom stereocenters. The summed E-state index contributed by atoms with van der Waals surface area (Å²) in [4.78, 5) is 63.5. The van der Waals surface area contributed by atoms with Gasteiger partial charge in [-0.25, -0.2) is 4.98 Å². The van der Waals surface area contributed by atoms with Gasteiger partial charge in [-0.1, -0.05) is 55.3 Å². The molecule has 3 aliphatic rings. The summed E-state index contributed by atoms with van der Waals surface area (Å²) >= 11 is 0. The Balaban J connectivity index is 1.34. The number of carbonyl (C=O) groups is 4.